The first-order chi connectivity index (χ1) is 14.3. The van der Waals surface area contributed by atoms with Crippen molar-refractivity contribution in [3.63, 3.8) is 0 Å². The molecule has 0 aromatic heterocycles. The van der Waals surface area contributed by atoms with Gasteiger partial charge in [0.05, 0.1) is 17.5 Å². The molecule has 4 rings (SSSR count). The number of sulfone groups is 1. The van der Waals surface area contributed by atoms with Crippen LogP contribution in [-0.4, -0.2) is 56.4 Å². The Morgan fingerprint density at radius 1 is 1.10 bits per heavy atom. The summed E-state index contributed by atoms with van der Waals surface area (Å²) in [5, 5.41) is 0.514. The number of amides is 1. The van der Waals surface area contributed by atoms with Crippen LogP contribution in [0.15, 0.2) is 59.6 Å². The molecule has 0 radical (unpaired) electrons. The number of amidine groups is 1. The van der Waals surface area contributed by atoms with Crippen molar-refractivity contribution in [3.8, 4) is 0 Å². The molecule has 30 heavy (non-hydrogen) atoms. The standard InChI is InChI=1S/C22H25N3O3S2/c1-24(2)17-9-11-18(12-10-17)25-19-14-30(27,28)15-20(19)29-22(25)23-21(26)13-8-16-6-4-3-5-7-16/h3-7,9-12,19-20H,8,13-15H2,1-2H3/t19-,20-/m1/s1. The van der Waals surface area contributed by atoms with Gasteiger partial charge in [-0.05, 0) is 36.2 Å². The van der Waals surface area contributed by atoms with Crippen molar-refractivity contribution >= 4 is 44.0 Å². The Morgan fingerprint density at radius 2 is 1.80 bits per heavy atom. The minimum Gasteiger partial charge on any atom is -0.378 e. The summed E-state index contributed by atoms with van der Waals surface area (Å²) in [6.07, 6.45) is 0.967. The van der Waals surface area contributed by atoms with E-state index >= 15 is 0 Å². The molecule has 0 saturated carbocycles. The van der Waals surface area contributed by atoms with E-state index in [1.807, 2.05) is 78.5 Å². The number of aryl methyl sites for hydroxylation is 1. The number of anilines is 2. The number of thioether (sulfide) groups is 1. The molecular weight excluding hydrogens is 418 g/mol. The van der Waals surface area contributed by atoms with Crippen LogP contribution in [0.25, 0.3) is 0 Å². The number of benzene rings is 2. The summed E-state index contributed by atoms with van der Waals surface area (Å²) in [5.74, 6) is 0.0440. The van der Waals surface area contributed by atoms with Gasteiger partial charge < -0.3 is 9.80 Å². The highest BCUT2D eigenvalue weighted by Gasteiger charge is 2.49. The lowest BCUT2D eigenvalue weighted by Gasteiger charge is -2.25. The largest absolute Gasteiger partial charge is 0.378 e. The molecule has 2 aliphatic heterocycles. The number of rotatable bonds is 5. The van der Waals surface area contributed by atoms with E-state index in [2.05, 4.69) is 4.99 Å². The second-order valence-electron chi connectivity index (χ2n) is 7.86. The Morgan fingerprint density at radius 3 is 2.47 bits per heavy atom. The first-order valence-electron chi connectivity index (χ1n) is 9.91. The smallest absolute Gasteiger partial charge is 0.248 e. The maximum Gasteiger partial charge on any atom is 0.248 e. The lowest BCUT2D eigenvalue weighted by molar-refractivity contribution is -0.117. The van der Waals surface area contributed by atoms with Crippen molar-refractivity contribution in [2.24, 2.45) is 4.99 Å². The molecule has 2 heterocycles. The van der Waals surface area contributed by atoms with Crippen LogP contribution in [0.1, 0.15) is 12.0 Å². The molecule has 0 aliphatic carbocycles. The Hall–Kier alpha value is -2.32. The average molecular weight is 444 g/mol. The molecular formula is C22H25N3O3S2. The first kappa shape index (κ1) is 20.9. The zero-order valence-electron chi connectivity index (χ0n) is 17.1. The third-order valence-electron chi connectivity index (χ3n) is 5.40. The molecule has 0 unspecified atom stereocenters. The summed E-state index contributed by atoms with van der Waals surface area (Å²) in [6, 6.07) is 17.6. The molecule has 0 spiro atoms. The number of fused-ring (bicyclic) bond motifs is 1. The Kier molecular flexibility index (Phi) is 5.88. The van der Waals surface area contributed by atoms with E-state index in [0.717, 1.165) is 16.9 Å². The van der Waals surface area contributed by atoms with Gasteiger partial charge in [0.1, 0.15) is 0 Å². The molecule has 8 heteroatoms. The van der Waals surface area contributed by atoms with E-state index in [1.54, 1.807) is 0 Å². The van der Waals surface area contributed by atoms with Gasteiger partial charge >= 0.3 is 0 Å². The Balaban J connectivity index is 1.57. The summed E-state index contributed by atoms with van der Waals surface area (Å²) < 4.78 is 24.4. The molecule has 158 valence electrons. The monoisotopic (exact) mass is 443 g/mol. The molecule has 2 atom stereocenters. The zero-order chi connectivity index (χ0) is 21.3. The highest BCUT2D eigenvalue weighted by molar-refractivity contribution is 8.16. The summed E-state index contributed by atoms with van der Waals surface area (Å²) >= 11 is 1.41. The molecule has 2 aromatic rings. The second kappa shape index (κ2) is 8.43. The maximum atomic E-state index is 12.6. The van der Waals surface area contributed by atoms with E-state index in [4.69, 9.17) is 0 Å². The van der Waals surface area contributed by atoms with Gasteiger partial charge in [-0.2, -0.15) is 4.99 Å². The molecule has 2 fully saturated rings. The molecule has 2 aromatic carbocycles. The summed E-state index contributed by atoms with van der Waals surface area (Å²) in [4.78, 5) is 20.9. The van der Waals surface area contributed by atoms with Crippen molar-refractivity contribution in [2.75, 3.05) is 35.4 Å². The molecule has 2 saturated heterocycles. The van der Waals surface area contributed by atoms with Crippen molar-refractivity contribution in [2.45, 2.75) is 24.1 Å². The fourth-order valence-electron chi connectivity index (χ4n) is 3.84. The minimum atomic E-state index is -3.08. The molecule has 2 aliphatic rings. The van der Waals surface area contributed by atoms with E-state index in [0.29, 0.717) is 18.0 Å². The van der Waals surface area contributed by atoms with Crippen LogP contribution in [0, 0.1) is 0 Å². The maximum absolute atomic E-state index is 12.6. The van der Waals surface area contributed by atoms with Gasteiger partial charge in [0, 0.05) is 37.1 Å². The summed E-state index contributed by atoms with van der Waals surface area (Å²) in [5.41, 5.74) is 3.02. The average Bonchev–Trinajstić information content (AvgIpc) is 3.18. The number of carbonyl (C=O) groups is 1. The fourth-order valence-corrected chi connectivity index (χ4v) is 7.77. The van der Waals surface area contributed by atoms with Gasteiger partial charge in [0.25, 0.3) is 0 Å². The fraction of sp³-hybridized carbons (Fsp3) is 0.364. The summed E-state index contributed by atoms with van der Waals surface area (Å²) in [7, 11) is 0.865. The van der Waals surface area contributed by atoms with E-state index in [1.165, 1.54) is 11.8 Å². The number of carbonyl (C=O) groups excluding carboxylic acids is 1. The van der Waals surface area contributed by atoms with Gasteiger partial charge in [-0.15, -0.1) is 0 Å². The van der Waals surface area contributed by atoms with Gasteiger partial charge in [0.2, 0.25) is 5.91 Å². The quantitative estimate of drug-likeness (QED) is 0.708. The molecule has 6 nitrogen and oxygen atoms in total. The third-order valence-corrected chi connectivity index (χ3v) is 8.61. The van der Waals surface area contributed by atoms with Gasteiger partial charge in [-0.3, -0.25) is 4.79 Å². The van der Waals surface area contributed by atoms with Crippen molar-refractivity contribution < 1.29 is 13.2 Å². The minimum absolute atomic E-state index is 0.0933. The van der Waals surface area contributed by atoms with Crippen molar-refractivity contribution in [1.29, 1.82) is 0 Å². The lowest BCUT2D eigenvalue weighted by atomic mass is 10.1. The Labute approximate surface area is 181 Å². The molecule has 0 N–H and O–H groups in total. The predicted octanol–water partition coefficient (Wildman–Crippen LogP) is 2.99. The van der Waals surface area contributed by atoms with Crippen LogP contribution < -0.4 is 9.80 Å². The van der Waals surface area contributed by atoms with Crippen LogP contribution in [0.5, 0.6) is 0 Å². The van der Waals surface area contributed by atoms with Gasteiger partial charge in [-0.25, -0.2) is 8.42 Å². The lowest BCUT2D eigenvalue weighted by Crippen LogP contribution is -2.37. The predicted molar refractivity (Wildman–Crippen MR) is 124 cm³/mol. The number of nitrogens with zero attached hydrogens (tertiary/aromatic N) is 3. The normalized spacial score (nSPS) is 23.5. The summed E-state index contributed by atoms with van der Waals surface area (Å²) in [6.45, 7) is 0. The van der Waals surface area contributed by atoms with Gasteiger partial charge in [-0.1, -0.05) is 42.1 Å². The number of aliphatic imine (C=N–C) groups is 1. The van der Waals surface area contributed by atoms with Crippen molar-refractivity contribution in [1.82, 2.24) is 0 Å². The second-order valence-corrected chi connectivity index (χ2v) is 11.2. The SMILES string of the molecule is CN(C)c1ccc(N2C(=NC(=O)CCc3ccccc3)S[C@@H]3CS(=O)(=O)C[C@H]32)cc1. The topological polar surface area (TPSA) is 70.0 Å². The van der Waals surface area contributed by atoms with Crippen molar-refractivity contribution in [3.05, 3.63) is 60.2 Å². The van der Waals surface area contributed by atoms with Crippen LogP contribution in [0.2, 0.25) is 0 Å². The van der Waals surface area contributed by atoms with Crippen LogP contribution >= 0.6 is 11.8 Å². The Bertz CT molecular complexity index is 1050. The van der Waals surface area contributed by atoms with Gasteiger partial charge in [0.15, 0.2) is 15.0 Å². The zero-order valence-corrected chi connectivity index (χ0v) is 18.7. The highest BCUT2D eigenvalue weighted by atomic mass is 32.2. The first-order valence-corrected chi connectivity index (χ1v) is 12.6. The molecule has 1 amide bonds. The van der Waals surface area contributed by atoms with Crippen LogP contribution in [0.4, 0.5) is 11.4 Å². The third kappa shape index (κ3) is 4.54. The van der Waals surface area contributed by atoms with Crippen LogP contribution in [0.3, 0.4) is 0 Å². The van der Waals surface area contributed by atoms with E-state index in [-0.39, 0.29) is 28.7 Å². The number of hydrogen-bond acceptors (Lipinski definition) is 5. The van der Waals surface area contributed by atoms with Crippen LogP contribution in [-0.2, 0) is 21.1 Å². The highest BCUT2D eigenvalue weighted by Crippen LogP contribution is 2.41. The molecule has 0 bridgehead atoms. The number of hydrogen-bond donors (Lipinski definition) is 0. The van der Waals surface area contributed by atoms with E-state index in [9.17, 15) is 13.2 Å². The van der Waals surface area contributed by atoms with E-state index < -0.39 is 9.84 Å².